The molecule has 0 aliphatic heterocycles. The molecule has 0 amide bonds. The van der Waals surface area contributed by atoms with Crippen molar-refractivity contribution in [3.63, 3.8) is 0 Å². The molecule has 0 saturated heterocycles. The van der Waals surface area contributed by atoms with E-state index in [4.69, 9.17) is 4.74 Å². The molecular formula is C10H18O4. The summed E-state index contributed by atoms with van der Waals surface area (Å²) >= 11 is 0. The maximum atomic E-state index is 10.7. The van der Waals surface area contributed by atoms with E-state index >= 15 is 0 Å². The summed E-state index contributed by atoms with van der Waals surface area (Å²) in [5.74, 6) is -0.353. The Balaban J connectivity index is 3.14. The summed E-state index contributed by atoms with van der Waals surface area (Å²) < 4.78 is 9.36. The highest BCUT2D eigenvalue weighted by Gasteiger charge is 2.00. The zero-order valence-corrected chi connectivity index (χ0v) is 8.88. The van der Waals surface area contributed by atoms with Crippen molar-refractivity contribution in [2.45, 2.75) is 39.0 Å². The fourth-order valence-electron chi connectivity index (χ4n) is 0.938. The van der Waals surface area contributed by atoms with Gasteiger partial charge in [0.1, 0.15) is 0 Å². The van der Waals surface area contributed by atoms with Gasteiger partial charge in [-0.25, -0.2) is 0 Å². The van der Waals surface area contributed by atoms with Gasteiger partial charge in [-0.2, -0.15) is 0 Å². The highest BCUT2D eigenvalue weighted by atomic mass is 16.5. The second kappa shape index (κ2) is 8.53. The second-order valence-corrected chi connectivity index (χ2v) is 2.96. The van der Waals surface area contributed by atoms with Gasteiger partial charge in [0.2, 0.25) is 0 Å². The highest BCUT2D eigenvalue weighted by Crippen LogP contribution is 2.01. The van der Waals surface area contributed by atoms with E-state index < -0.39 is 0 Å². The minimum Gasteiger partial charge on any atom is -0.469 e. The van der Waals surface area contributed by atoms with Gasteiger partial charge in [0, 0.05) is 12.8 Å². The third-order valence-electron chi connectivity index (χ3n) is 1.80. The Morgan fingerprint density at radius 1 is 1.07 bits per heavy atom. The number of ether oxygens (including phenoxy) is 2. The first-order chi connectivity index (χ1) is 6.70. The molecule has 14 heavy (non-hydrogen) atoms. The lowest BCUT2D eigenvalue weighted by Gasteiger charge is -2.02. The maximum Gasteiger partial charge on any atom is 0.305 e. The molecule has 0 N–H and O–H groups in total. The van der Waals surface area contributed by atoms with E-state index in [1.165, 1.54) is 7.11 Å². The minimum atomic E-state index is -0.185. The molecule has 4 heteroatoms. The molecule has 0 aromatic carbocycles. The van der Waals surface area contributed by atoms with Crippen molar-refractivity contribution in [3.8, 4) is 0 Å². The Morgan fingerprint density at radius 3 is 2.36 bits per heavy atom. The standard InChI is InChI=1S/C10H18O4/c1-3-9(11)14-8-6-4-5-7-10(12)13-2/h3-8H2,1-2H3. The minimum absolute atomic E-state index is 0.169. The predicted octanol–water partition coefficient (Wildman–Crippen LogP) is 1.67. The summed E-state index contributed by atoms with van der Waals surface area (Å²) in [7, 11) is 1.38. The van der Waals surface area contributed by atoms with Crippen LogP contribution in [0.3, 0.4) is 0 Å². The third-order valence-corrected chi connectivity index (χ3v) is 1.80. The summed E-state index contributed by atoms with van der Waals surface area (Å²) in [6, 6.07) is 0. The van der Waals surface area contributed by atoms with Crippen molar-refractivity contribution in [1.82, 2.24) is 0 Å². The number of methoxy groups -OCH3 is 1. The van der Waals surface area contributed by atoms with Crippen LogP contribution in [0.4, 0.5) is 0 Å². The molecular weight excluding hydrogens is 184 g/mol. The van der Waals surface area contributed by atoms with Crippen molar-refractivity contribution >= 4 is 11.9 Å². The lowest BCUT2D eigenvalue weighted by molar-refractivity contribution is -0.144. The Kier molecular flexibility index (Phi) is 7.89. The maximum absolute atomic E-state index is 10.7. The van der Waals surface area contributed by atoms with Crippen LogP contribution in [0, 0.1) is 0 Å². The average Bonchev–Trinajstić information content (AvgIpc) is 2.22. The first kappa shape index (κ1) is 12.9. The number of unbranched alkanes of at least 4 members (excludes halogenated alkanes) is 2. The lowest BCUT2D eigenvalue weighted by Crippen LogP contribution is -2.04. The number of esters is 2. The normalized spacial score (nSPS) is 9.57. The molecule has 0 radical (unpaired) electrons. The van der Waals surface area contributed by atoms with Crippen molar-refractivity contribution in [2.75, 3.05) is 13.7 Å². The molecule has 0 aliphatic carbocycles. The Labute approximate surface area is 84.6 Å². The van der Waals surface area contributed by atoms with Crippen LogP contribution in [0.25, 0.3) is 0 Å². The molecule has 82 valence electrons. The van der Waals surface area contributed by atoms with Crippen molar-refractivity contribution in [1.29, 1.82) is 0 Å². The number of carbonyl (C=O) groups is 2. The van der Waals surface area contributed by atoms with Gasteiger partial charge in [0.05, 0.1) is 13.7 Å². The number of hydrogen-bond acceptors (Lipinski definition) is 4. The molecule has 0 aromatic heterocycles. The third kappa shape index (κ3) is 7.58. The fourth-order valence-corrected chi connectivity index (χ4v) is 0.938. The monoisotopic (exact) mass is 202 g/mol. The van der Waals surface area contributed by atoms with Crippen LogP contribution in [0.5, 0.6) is 0 Å². The molecule has 0 atom stereocenters. The van der Waals surface area contributed by atoms with Gasteiger partial charge >= 0.3 is 11.9 Å². The molecule has 0 spiro atoms. The van der Waals surface area contributed by atoms with E-state index in [0.717, 1.165) is 19.3 Å². The fraction of sp³-hybridized carbons (Fsp3) is 0.800. The number of rotatable bonds is 7. The quantitative estimate of drug-likeness (QED) is 0.465. The first-order valence-corrected chi connectivity index (χ1v) is 4.93. The molecule has 4 nitrogen and oxygen atoms in total. The van der Waals surface area contributed by atoms with Gasteiger partial charge in [0.15, 0.2) is 0 Å². The summed E-state index contributed by atoms with van der Waals surface area (Å²) in [6.45, 7) is 2.22. The van der Waals surface area contributed by atoms with Crippen LogP contribution >= 0.6 is 0 Å². The Morgan fingerprint density at radius 2 is 1.79 bits per heavy atom. The van der Waals surface area contributed by atoms with Gasteiger partial charge in [-0.05, 0) is 19.3 Å². The predicted molar refractivity (Wildman–Crippen MR) is 51.7 cm³/mol. The molecule has 0 rings (SSSR count). The molecule has 0 saturated carbocycles. The molecule has 0 bridgehead atoms. The molecule has 0 fully saturated rings. The Hall–Kier alpha value is -1.06. The average molecular weight is 202 g/mol. The topological polar surface area (TPSA) is 52.6 Å². The van der Waals surface area contributed by atoms with Gasteiger partial charge in [-0.3, -0.25) is 9.59 Å². The summed E-state index contributed by atoms with van der Waals surface area (Å²) in [4.78, 5) is 21.4. The molecule has 0 aromatic rings. The van der Waals surface area contributed by atoms with E-state index in [2.05, 4.69) is 4.74 Å². The first-order valence-electron chi connectivity index (χ1n) is 4.93. The molecule has 0 heterocycles. The SMILES string of the molecule is CCC(=O)OCCCCCC(=O)OC. The zero-order valence-electron chi connectivity index (χ0n) is 8.88. The summed E-state index contributed by atoms with van der Waals surface area (Å²) in [5, 5.41) is 0. The number of carbonyl (C=O) groups excluding carboxylic acids is 2. The van der Waals surface area contributed by atoms with Crippen LogP contribution in [0.1, 0.15) is 39.0 Å². The summed E-state index contributed by atoms with van der Waals surface area (Å²) in [5.41, 5.74) is 0. The van der Waals surface area contributed by atoms with E-state index in [0.29, 0.717) is 19.4 Å². The zero-order chi connectivity index (χ0) is 10.8. The van der Waals surface area contributed by atoms with Gasteiger partial charge in [-0.1, -0.05) is 6.92 Å². The lowest BCUT2D eigenvalue weighted by atomic mass is 10.2. The molecule has 0 unspecified atom stereocenters. The van der Waals surface area contributed by atoms with Crippen LogP contribution < -0.4 is 0 Å². The van der Waals surface area contributed by atoms with Crippen molar-refractivity contribution in [2.24, 2.45) is 0 Å². The Bertz CT molecular complexity index is 157. The van der Waals surface area contributed by atoms with Crippen LogP contribution in [0.2, 0.25) is 0 Å². The second-order valence-electron chi connectivity index (χ2n) is 2.96. The largest absolute Gasteiger partial charge is 0.469 e. The van der Waals surface area contributed by atoms with Gasteiger partial charge in [0.25, 0.3) is 0 Å². The molecule has 0 aliphatic rings. The van der Waals surface area contributed by atoms with E-state index in [1.54, 1.807) is 6.92 Å². The van der Waals surface area contributed by atoms with Crippen molar-refractivity contribution < 1.29 is 19.1 Å². The van der Waals surface area contributed by atoms with Gasteiger partial charge in [-0.15, -0.1) is 0 Å². The summed E-state index contributed by atoms with van der Waals surface area (Å²) in [6.07, 6.45) is 3.34. The van der Waals surface area contributed by atoms with E-state index in [1.807, 2.05) is 0 Å². The van der Waals surface area contributed by atoms with Crippen LogP contribution in [0.15, 0.2) is 0 Å². The van der Waals surface area contributed by atoms with Crippen molar-refractivity contribution in [3.05, 3.63) is 0 Å². The van der Waals surface area contributed by atoms with E-state index in [-0.39, 0.29) is 11.9 Å². The smallest absolute Gasteiger partial charge is 0.305 e. The van der Waals surface area contributed by atoms with Crippen LogP contribution in [-0.4, -0.2) is 25.7 Å². The van der Waals surface area contributed by atoms with E-state index in [9.17, 15) is 9.59 Å². The van der Waals surface area contributed by atoms with Crippen LogP contribution in [-0.2, 0) is 19.1 Å². The number of hydrogen-bond donors (Lipinski definition) is 0. The van der Waals surface area contributed by atoms with Gasteiger partial charge < -0.3 is 9.47 Å². The highest BCUT2D eigenvalue weighted by molar-refractivity contribution is 5.69.